The van der Waals surface area contributed by atoms with Crippen LogP contribution in [0, 0.1) is 0 Å². The van der Waals surface area contributed by atoms with E-state index in [9.17, 15) is 5.11 Å². The van der Waals surface area contributed by atoms with Crippen LogP contribution in [0.2, 0.25) is 0 Å². The second kappa shape index (κ2) is 9.25. The zero-order chi connectivity index (χ0) is 17.4. The highest BCUT2D eigenvalue weighted by molar-refractivity contribution is 7.99. The predicted octanol–water partition coefficient (Wildman–Crippen LogP) is 3.47. The zero-order valence-corrected chi connectivity index (χ0v) is 15.4. The highest BCUT2D eigenvalue weighted by Crippen LogP contribution is 2.30. The Morgan fingerprint density at radius 1 is 1.30 bits per heavy atom. The van der Waals surface area contributed by atoms with Crippen LogP contribution in [0.25, 0.3) is 11.3 Å². The number of methoxy groups -OCH3 is 1. The lowest BCUT2D eigenvalue weighted by atomic mass is 10.1. The van der Waals surface area contributed by atoms with Gasteiger partial charge in [-0.15, -0.1) is 0 Å². The lowest BCUT2D eigenvalue weighted by molar-refractivity contribution is 0.373. The number of aromatic nitrogens is 2. The Balaban J connectivity index is 0.00000127. The molecule has 0 aliphatic rings. The number of benzene rings is 1. The van der Waals surface area contributed by atoms with Crippen LogP contribution in [0.15, 0.2) is 34.4 Å². The molecule has 0 fully saturated rings. The summed E-state index contributed by atoms with van der Waals surface area (Å²) in [6.07, 6.45) is 0. The molecule has 2 rings (SSSR count). The SMILES string of the molecule is CC.CCSc1nc(-c2ccc(O)c(OC)c2)cc(=NC)n1C. The van der Waals surface area contributed by atoms with E-state index in [0.29, 0.717) is 5.75 Å². The maximum atomic E-state index is 9.69. The van der Waals surface area contributed by atoms with E-state index in [1.54, 1.807) is 30.9 Å². The summed E-state index contributed by atoms with van der Waals surface area (Å²) >= 11 is 1.66. The molecule has 6 heteroatoms. The summed E-state index contributed by atoms with van der Waals surface area (Å²) in [6.45, 7) is 6.09. The Bertz CT molecular complexity index is 711. The van der Waals surface area contributed by atoms with Gasteiger partial charge in [0, 0.05) is 25.7 Å². The Kier molecular flexibility index (Phi) is 7.68. The average Bonchev–Trinajstić information content (AvgIpc) is 2.59. The molecule has 0 saturated carbocycles. The topological polar surface area (TPSA) is 59.6 Å². The number of phenols is 1. The van der Waals surface area contributed by atoms with E-state index >= 15 is 0 Å². The molecule has 0 saturated heterocycles. The molecule has 0 radical (unpaired) electrons. The van der Waals surface area contributed by atoms with Gasteiger partial charge in [-0.05, 0) is 24.0 Å². The summed E-state index contributed by atoms with van der Waals surface area (Å²) in [5.74, 6) is 1.49. The molecule has 0 unspecified atom stereocenters. The number of thioether (sulfide) groups is 1. The first-order chi connectivity index (χ1) is 11.1. The quantitative estimate of drug-likeness (QED) is 0.686. The number of ether oxygens (including phenoxy) is 1. The fourth-order valence-corrected chi connectivity index (χ4v) is 2.69. The van der Waals surface area contributed by atoms with Crippen molar-refractivity contribution in [1.82, 2.24) is 9.55 Å². The van der Waals surface area contributed by atoms with Crippen molar-refractivity contribution in [3.63, 3.8) is 0 Å². The van der Waals surface area contributed by atoms with Gasteiger partial charge in [0.1, 0.15) is 5.49 Å². The van der Waals surface area contributed by atoms with E-state index in [4.69, 9.17) is 4.74 Å². The smallest absolute Gasteiger partial charge is 0.169 e. The molecule has 0 spiro atoms. The fraction of sp³-hybridized carbons (Fsp3) is 0.412. The largest absolute Gasteiger partial charge is 0.504 e. The summed E-state index contributed by atoms with van der Waals surface area (Å²) in [6, 6.07) is 7.13. The number of phenolic OH excluding ortho intramolecular Hbond substituents is 1. The first kappa shape index (κ1) is 19.1. The average molecular weight is 335 g/mol. The Hall–Kier alpha value is -1.95. The summed E-state index contributed by atoms with van der Waals surface area (Å²) in [5.41, 5.74) is 2.54. The third kappa shape index (κ3) is 4.51. The highest BCUT2D eigenvalue weighted by atomic mass is 32.2. The maximum Gasteiger partial charge on any atom is 0.169 e. The zero-order valence-electron chi connectivity index (χ0n) is 14.6. The highest BCUT2D eigenvalue weighted by Gasteiger charge is 2.09. The summed E-state index contributed by atoms with van der Waals surface area (Å²) in [4.78, 5) is 8.96. The molecule has 1 aromatic carbocycles. The molecule has 5 nitrogen and oxygen atoms in total. The molecule has 126 valence electrons. The Morgan fingerprint density at radius 2 is 2.00 bits per heavy atom. The van der Waals surface area contributed by atoms with Crippen LogP contribution in [0.1, 0.15) is 20.8 Å². The van der Waals surface area contributed by atoms with Crippen LogP contribution < -0.4 is 10.2 Å². The molecule has 1 aromatic heterocycles. The first-order valence-corrected chi connectivity index (χ1v) is 8.60. The Labute approximate surface area is 142 Å². The van der Waals surface area contributed by atoms with E-state index in [2.05, 4.69) is 16.9 Å². The van der Waals surface area contributed by atoms with Crippen molar-refractivity contribution >= 4 is 11.8 Å². The van der Waals surface area contributed by atoms with Crippen molar-refractivity contribution in [2.45, 2.75) is 25.9 Å². The van der Waals surface area contributed by atoms with Gasteiger partial charge in [-0.25, -0.2) is 4.98 Å². The van der Waals surface area contributed by atoms with Crippen molar-refractivity contribution in [2.24, 2.45) is 12.0 Å². The van der Waals surface area contributed by atoms with Crippen LogP contribution in [-0.2, 0) is 7.05 Å². The van der Waals surface area contributed by atoms with Gasteiger partial charge in [-0.2, -0.15) is 0 Å². The van der Waals surface area contributed by atoms with Crippen molar-refractivity contribution in [2.75, 3.05) is 19.9 Å². The Morgan fingerprint density at radius 3 is 2.57 bits per heavy atom. The second-order valence-corrected chi connectivity index (χ2v) is 5.62. The molecule has 1 N–H and O–H groups in total. The van der Waals surface area contributed by atoms with Gasteiger partial charge < -0.3 is 14.4 Å². The van der Waals surface area contributed by atoms with E-state index in [-0.39, 0.29) is 5.75 Å². The minimum absolute atomic E-state index is 0.117. The first-order valence-electron chi connectivity index (χ1n) is 7.61. The van der Waals surface area contributed by atoms with E-state index < -0.39 is 0 Å². The molecular weight excluding hydrogens is 310 g/mol. The summed E-state index contributed by atoms with van der Waals surface area (Å²) in [7, 11) is 5.24. The second-order valence-electron chi connectivity index (χ2n) is 4.38. The van der Waals surface area contributed by atoms with Gasteiger partial charge in [0.15, 0.2) is 16.7 Å². The molecule has 1 heterocycles. The van der Waals surface area contributed by atoms with Crippen molar-refractivity contribution < 1.29 is 9.84 Å². The van der Waals surface area contributed by atoms with Gasteiger partial charge >= 0.3 is 0 Å². The fourth-order valence-electron chi connectivity index (χ4n) is 1.99. The molecule has 0 aliphatic carbocycles. The molecule has 2 aromatic rings. The molecular formula is C17H25N3O2S. The third-order valence-corrected chi connectivity index (χ3v) is 4.00. The van der Waals surface area contributed by atoms with Crippen LogP contribution >= 0.6 is 11.8 Å². The molecule has 0 aliphatic heterocycles. The van der Waals surface area contributed by atoms with E-state index in [0.717, 1.165) is 27.7 Å². The van der Waals surface area contributed by atoms with Crippen LogP contribution in [-0.4, -0.2) is 34.6 Å². The normalized spacial score (nSPS) is 11.0. The minimum atomic E-state index is 0.117. The molecule has 0 atom stereocenters. The predicted molar refractivity (Wildman–Crippen MR) is 96.1 cm³/mol. The van der Waals surface area contributed by atoms with Crippen molar-refractivity contribution in [1.29, 1.82) is 0 Å². The van der Waals surface area contributed by atoms with Gasteiger partial charge in [0.05, 0.1) is 12.8 Å². The van der Waals surface area contributed by atoms with Crippen molar-refractivity contribution in [3.05, 3.63) is 29.8 Å². The van der Waals surface area contributed by atoms with Gasteiger partial charge in [-0.3, -0.25) is 4.99 Å². The van der Waals surface area contributed by atoms with Crippen LogP contribution in [0.4, 0.5) is 0 Å². The number of hydrogen-bond donors (Lipinski definition) is 1. The lowest BCUT2D eigenvalue weighted by Crippen LogP contribution is -2.21. The van der Waals surface area contributed by atoms with Gasteiger partial charge in [-0.1, -0.05) is 32.5 Å². The number of rotatable bonds is 4. The monoisotopic (exact) mass is 335 g/mol. The maximum absolute atomic E-state index is 9.69. The standard InChI is InChI=1S/C15H19N3O2S.C2H6/c1-5-21-15-17-11(9-14(16-2)18(15)3)10-6-7-12(19)13(8-10)20-4;1-2/h6-9,19H,5H2,1-4H3;1-2H3. The van der Waals surface area contributed by atoms with E-state index in [1.165, 1.54) is 7.11 Å². The van der Waals surface area contributed by atoms with Crippen molar-refractivity contribution in [3.8, 4) is 22.8 Å². The molecule has 0 bridgehead atoms. The molecule has 0 amide bonds. The van der Waals surface area contributed by atoms with Gasteiger partial charge in [0.2, 0.25) is 0 Å². The minimum Gasteiger partial charge on any atom is -0.504 e. The van der Waals surface area contributed by atoms with Crippen LogP contribution in [0.3, 0.4) is 0 Å². The number of aromatic hydroxyl groups is 1. The van der Waals surface area contributed by atoms with E-state index in [1.807, 2.05) is 37.6 Å². The van der Waals surface area contributed by atoms with Crippen LogP contribution in [0.5, 0.6) is 11.5 Å². The number of nitrogens with zero attached hydrogens (tertiary/aromatic N) is 3. The summed E-state index contributed by atoms with van der Waals surface area (Å²) < 4.78 is 7.12. The van der Waals surface area contributed by atoms with Gasteiger partial charge in [0.25, 0.3) is 0 Å². The summed E-state index contributed by atoms with van der Waals surface area (Å²) in [5, 5.41) is 10.6. The number of hydrogen-bond acceptors (Lipinski definition) is 5. The molecule has 23 heavy (non-hydrogen) atoms. The lowest BCUT2D eigenvalue weighted by Gasteiger charge is -2.11. The third-order valence-electron chi connectivity index (χ3n) is 3.09.